The van der Waals surface area contributed by atoms with Crippen LogP contribution in [0, 0.1) is 0 Å². The summed E-state index contributed by atoms with van der Waals surface area (Å²) in [6, 6.07) is 22.7. The van der Waals surface area contributed by atoms with E-state index >= 15 is 0 Å². The number of carbonyl (C=O) groups excluding carboxylic acids is 2. The van der Waals surface area contributed by atoms with Gasteiger partial charge in [0.25, 0.3) is 5.91 Å². The van der Waals surface area contributed by atoms with Crippen molar-refractivity contribution in [1.29, 1.82) is 0 Å². The van der Waals surface area contributed by atoms with Crippen molar-refractivity contribution in [3.8, 4) is 5.75 Å². The molecule has 1 N–H and O–H groups in total. The Labute approximate surface area is 189 Å². The Bertz CT molecular complexity index is 1320. The molecule has 0 aromatic heterocycles. The maximum absolute atomic E-state index is 13.1. The smallest absolute Gasteiger partial charge is 0.259 e. The first-order valence-electron chi connectivity index (χ1n) is 9.45. The molecular weight excluding hydrogens is 433 g/mol. The van der Waals surface area contributed by atoms with E-state index in [0.29, 0.717) is 32.6 Å². The third-order valence-electron chi connectivity index (χ3n) is 4.91. The van der Waals surface area contributed by atoms with E-state index in [-0.39, 0.29) is 11.3 Å². The van der Waals surface area contributed by atoms with Crippen LogP contribution in [0.1, 0.15) is 26.3 Å². The van der Waals surface area contributed by atoms with Crippen molar-refractivity contribution >= 4 is 51.4 Å². The van der Waals surface area contributed by atoms with Crippen LogP contribution in [0.25, 0.3) is 10.8 Å². The number of ether oxygens (including phenoxy) is 1. The summed E-state index contributed by atoms with van der Waals surface area (Å²) >= 11 is 12.3. The van der Waals surface area contributed by atoms with Gasteiger partial charge in [-0.25, -0.2) is 0 Å². The van der Waals surface area contributed by atoms with Crippen molar-refractivity contribution in [2.75, 3.05) is 12.4 Å². The van der Waals surface area contributed by atoms with E-state index in [9.17, 15) is 9.59 Å². The number of methoxy groups -OCH3 is 1. The molecule has 0 radical (unpaired) electrons. The lowest BCUT2D eigenvalue weighted by molar-refractivity contribution is 0.102. The van der Waals surface area contributed by atoms with E-state index in [1.807, 2.05) is 30.3 Å². The highest BCUT2D eigenvalue weighted by Crippen LogP contribution is 2.30. The minimum atomic E-state index is -0.405. The third kappa shape index (κ3) is 4.26. The standard InChI is InChI=1S/C25H17Cl2NO3/c1-31-23-13-16-7-3-2-6-15(16)12-20(23)25(30)28-22-11-10-17(26)14-19(22)24(29)18-8-4-5-9-21(18)27/h2-14H,1H3,(H,28,30). The van der Waals surface area contributed by atoms with Gasteiger partial charge in [0.1, 0.15) is 5.75 Å². The normalized spacial score (nSPS) is 10.7. The zero-order chi connectivity index (χ0) is 22.0. The maximum Gasteiger partial charge on any atom is 0.259 e. The monoisotopic (exact) mass is 449 g/mol. The van der Waals surface area contributed by atoms with Crippen LogP contribution >= 0.6 is 23.2 Å². The molecule has 6 heteroatoms. The summed E-state index contributed by atoms with van der Waals surface area (Å²) in [6.07, 6.45) is 0. The van der Waals surface area contributed by atoms with Crippen molar-refractivity contribution < 1.29 is 14.3 Å². The number of amides is 1. The van der Waals surface area contributed by atoms with Crippen LogP contribution in [0.2, 0.25) is 10.0 Å². The number of hydrogen-bond acceptors (Lipinski definition) is 3. The molecule has 0 unspecified atom stereocenters. The molecule has 0 saturated heterocycles. The van der Waals surface area contributed by atoms with E-state index in [0.717, 1.165) is 10.8 Å². The topological polar surface area (TPSA) is 55.4 Å². The van der Waals surface area contributed by atoms with Crippen LogP contribution in [0.4, 0.5) is 5.69 Å². The summed E-state index contributed by atoms with van der Waals surface area (Å²) in [5, 5.41) is 5.37. The first-order chi connectivity index (χ1) is 15.0. The van der Waals surface area contributed by atoms with E-state index in [2.05, 4.69) is 5.32 Å². The van der Waals surface area contributed by atoms with Crippen LogP contribution < -0.4 is 10.1 Å². The number of carbonyl (C=O) groups is 2. The Hall–Kier alpha value is -3.34. The molecule has 31 heavy (non-hydrogen) atoms. The minimum absolute atomic E-state index is 0.244. The maximum atomic E-state index is 13.1. The van der Waals surface area contributed by atoms with Gasteiger partial charge >= 0.3 is 0 Å². The number of fused-ring (bicyclic) bond motifs is 1. The molecule has 154 valence electrons. The lowest BCUT2D eigenvalue weighted by Gasteiger charge is -2.14. The van der Waals surface area contributed by atoms with E-state index in [1.165, 1.54) is 13.2 Å². The zero-order valence-corrected chi connectivity index (χ0v) is 18.0. The summed E-state index contributed by atoms with van der Waals surface area (Å²) < 4.78 is 5.43. The SMILES string of the molecule is COc1cc2ccccc2cc1C(=O)Nc1ccc(Cl)cc1C(=O)c1ccccc1Cl. The molecule has 0 bridgehead atoms. The number of benzene rings is 4. The number of halogens is 2. The van der Waals surface area contributed by atoms with Gasteiger partial charge in [-0.05, 0) is 53.2 Å². The van der Waals surface area contributed by atoms with Gasteiger partial charge in [0, 0.05) is 16.1 Å². The molecule has 0 spiro atoms. The molecule has 0 fully saturated rings. The summed E-state index contributed by atoms with van der Waals surface area (Å²) in [5.74, 6) is -0.309. The van der Waals surface area contributed by atoms with Crippen LogP contribution in [0.5, 0.6) is 5.75 Å². The summed E-state index contributed by atoms with van der Waals surface area (Å²) in [4.78, 5) is 26.3. The Morgan fingerprint density at radius 2 is 1.45 bits per heavy atom. The predicted octanol–water partition coefficient (Wildman–Crippen LogP) is 6.64. The summed E-state index contributed by atoms with van der Waals surface area (Å²) in [5.41, 5.74) is 1.25. The second kappa shape index (κ2) is 8.80. The molecule has 0 atom stereocenters. The van der Waals surface area contributed by atoms with Crippen LogP contribution in [0.3, 0.4) is 0 Å². The minimum Gasteiger partial charge on any atom is -0.496 e. The van der Waals surface area contributed by atoms with Gasteiger partial charge in [-0.3, -0.25) is 9.59 Å². The van der Waals surface area contributed by atoms with Crippen molar-refractivity contribution in [2.45, 2.75) is 0 Å². The average molecular weight is 450 g/mol. The average Bonchev–Trinajstić information content (AvgIpc) is 2.79. The Kier molecular flexibility index (Phi) is 5.94. The van der Waals surface area contributed by atoms with Gasteiger partial charge in [0.15, 0.2) is 5.78 Å². The Morgan fingerprint density at radius 3 is 2.16 bits per heavy atom. The first kappa shape index (κ1) is 20.9. The highest BCUT2D eigenvalue weighted by Gasteiger charge is 2.20. The predicted molar refractivity (Wildman–Crippen MR) is 125 cm³/mol. The van der Waals surface area contributed by atoms with Crippen LogP contribution in [-0.4, -0.2) is 18.8 Å². The van der Waals surface area contributed by atoms with E-state index in [4.69, 9.17) is 27.9 Å². The van der Waals surface area contributed by atoms with E-state index in [1.54, 1.807) is 42.5 Å². The van der Waals surface area contributed by atoms with Gasteiger partial charge in [0.2, 0.25) is 0 Å². The van der Waals surface area contributed by atoms with Crippen LogP contribution in [-0.2, 0) is 0 Å². The number of rotatable bonds is 5. The highest BCUT2D eigenvalue weighted by atomic mass is 35.5. The van der Waals surface area contributed by atoms with Gasteiger partial charge in [0.05, 0.1) is 23.4 Å². The molecule has 0 heterocycles. The number of anilines is 1. The third-order valence-corrected chi connectivity index (χ3v) is 5.47. The number of hydrogen-bond donors (Lipinski definition) is 1. The lowest BCUT2D eigenvalue weighted by Crippen LogP contribution is -2.16. The lowest BCUT2D eigenvalue weighted by atomic mass is 10.0. The molecular formula is C25H17Cl2NO3. The van der Waals surface area contributed by atoms with Gasteiger partial charge < -0.3 is 10.1 Å². The van der Waals surface area contributed by atoms with Gasteiger partial charge in [-0.15, -0.1) is 0 Å². The molecule has 0 saturated carbocycles. The van der Waals surface area contributed by atoms with Crippen LogP contribution in [0.15, 0.2) is 78.9 Å². The molecule has 0 aliphatic heterocycles. The number of nitrogens with one attached hydrogen (secondary N) is 1. The van der Waals surface area contributed by atoms with Gasteiger partial charge in [-0.2, -0.15) is 0 Å². The fourth-order valence-electron chi connectivity index (χ4n) is 3.36. The van der Waals surface area contributed by atoms with E-state index < -0.39 is 5.91 Å². The number of ketones is 1. The molecule has 0 aliphatic rings. The van der Waals surface area contributed by atoms with Crippen molar-refractivity contribution in [3.63, 3.8) is 0 Å². The summed E-state index contributed by atoms with van der Waals surface area (Å²) in [6.45, 7) is 0. The van der Waals surface area contributed by atoms with Crippen molar-refractivity contribution in [1.82, 2.24) is 0 Å². The molecule has 4 rings (SSSR count). The zero-order valence-electron chi connectivity index (χ0n) is 16.5. The highest BCUT2D eigenvalue weighted by molar-refractivity contribution is 6.36. The molecule has 1 amide bonds. The second-order valence-electron chi connectivity index (χ2n) is 6.85. The van der Waals surface area contributed by atoms with Crippen molar-refractivity contribution in [2.24, 2.45) is 0 Å². The summed E-state index contributed by atoms with van der Waals surface area (Å²) in [7, 11) is 1.51. The Balaban J connectivity index is 1.74. The molecule has 4 aromatic rings. The fourth-order valence-corrected chi connectivity index (χ4v) is 3.75. The first-order valence-corrected chi connectivity index (χ1v) is 10.2. The molecule has 4 nitrogen and oxygen atoms in total. The molecule has 0 aliphatic carbocycles. The van der Waals surface area contributed by atoms with Crippen molar-refractivity contribution in [3.05, 3.63) is 106 Å². The Morgan fingerprint density at radius 1 is 0.774 bits per heavy atom. The fraction of sp³-hybridized carbons (Fsp3) is 0.0400. The largest absolute Gasteiger partial charge is 0.496 e. The second-order valence-corrected chi connectivity index (χ2v) is 7.70. The molecule has 4 aromatic carbocycles. The van der Waals surface area contributed by atoms with Gasteiger partial charge in [-0.1, -0.05) is 59.6 Å². The quantitative estimate of drug-likeness (QED) is 0.347.